The first kappa shape index (κ1) is 18.1. The minimum atomic E-state index is -0.0937. The number of rotatable bonds is 3. The second-order valence-corrected chi connectivity index (χ2v) is 7.11. The molecule has 0 spiro atoms. The van der Waals surface area contributed by atoms with Gasteiger partial charge in [0.15, 0.2) is 0 Å². The highest BCUT2D eigenvalue weighted by molar-refractivity contribution is 5.90. The van der Waals surface area contributed by atoms with E-state index in [1.807, 2.05) is 35.2 Å². The van der Waals surface area contributed by atoms with Crippen LogP contribution in [0, 0.1) is 6.92 Å². The Kier molecular flexibility index (Phi) is 5.02. The number of benzene rings is 3. The quantitative estimate of drug-likeness (QED) is 0.688. The summed E-state index contributed by atoms with van der Waals surface area (Å²) in [6.45, 7) is 2.75. The van der Waals surface area contributed by atoms with Gasteiger partial charge < -0.3 is 15.0 Å². The summed E-state index contributed by atoms with van der Waals surface area (Å²) in [5.74, 6) is 0.766. The average molecular weight is 372 g/mol. The molecule has 3 aromatic carbocycles. The van der Waals surface area contributed by atoms with Gasteiger partial charge in [-0.25, -0.2) is 4.79 Å². The lowest BCUT2D eigenvalue weighted by atomic mass is 9.88. The van der Waals surface area contributed by atoms with Crippen molar-refractivity contribution in [3.8, 4) is 5.75 Å². The first-order chi connectivity index (χ1) is 13.7. The number of aryl methyl sites for hydroxylation is 1. The van der Waals surface area contributed by atoms with Crippen LogP contribution in [0.15, 0.2) is 72.8 Å². The molecule has 2 amide bonds. The molecule has 1 aliphatic heterocycles. The third-order valence-corrected chi connectivity index (χ3v) is 5.28. The third kappa shape index (κ3) is 3.58. The number of carbonyl (C=O) groups is 1. The molecule has 4 heteroatoms. The standard InChI is InChI=1S/C24H24N2O2/c1-17-7-9-19(10-8-17)23-22-6-4-3-5-18(22)15-16-26(23)24(27)25-20-11-13-21(28-2)14-12-20/h3-14,23H,15-16H2,1-2H3,(H,25,27). The maximum Gasteiger partial charge on any atom is 0.322 e. The van der Waals surface area contributed by atoms with Crippen molar-refractivity contribution in [2.75, 3.05) is 19.0 Å². The van der Waals surface area contributed by atoms with Gasteiger partial charge in [0.2, 0.25) is 0 Å². The van der Waals surface area contributed by atoms with E-state index >= 15 is 0 Å². The van der Waals surface area contributed by atoms with Crippen molar-refractivity contribution < 1.29 is 9.53 Å². The summed E-state index contributed by atoms with van der Waals surface area (Å²) in [5, 5.41) is 3.04. The van der Waals surface area contributed by atoms with Gasteiger partial charge in [-0.2, -0.15) is 0 Å². The molecule has 3 aromatic rings. The van der Waals surface area contributed by atoms with E-state index in [4.69, 9.17) is 4.74 Å². The minimum absolute atomic E-state index is 0.0924. The van der Waals surface area contributed by atoms with Gasteiger partial charge >= 0.3 is 6.03 Å². The second-order valence-electron chi connectivity index (χ2n) is 7.11. The van der Waals surface area contributed by atoms with E-state index in [2.05, 4.69) is 54.7 Å². The lowest BCUT2D eigenvalue weighted by Gasteiger charge is -2.37. The van der Waals surface area contributed by atoms with E-state index in [9.17, 15) is 4.79 Å². The zero-order chi connectivity index (χ0) is 19.5. The zero-order valence-corrected chi connectivity index (χ0v) is 16.2. The van der Waals surface area contributed by atoms with Crippen molar-refractivity contribution in [3.05, 3.63) is 95.1 Å². The summed E-state index contributed by atoms with van der Waals surface area (Å²) in [4.78, 5) is 15.1. The van der Waals surface area contributed by atoms with E-state index in [1.165, 1.54) is 16.7 Å². The van der Waals surface area contributed by atoms with E-state index < -0.39 is 0 Å². The van der Waals surface area contributed by atoms with Gasteiger partial charge in [0.05, 0.1) is 13.2 Å². The van der Waals surface area contributed by atoms with Gasteiger partial charge in [0, 0.05) is 12.2 Å². The van der Waals surface area contributed by atoms with Crippen molar-refractivity contribution >= 4 is 11.7 Å². The Labute approximate surface area is 165 Å². The molecule has 0 aromatic heterocycles. The van der Waals surface area contributed by atoms with Crippen LogP contribution in [0.3, 0.4) is 0 Å². The van der Waals surface area contributed by atoms with E-state index in [0.717, 1.165) is 23.4 Å². The highest BCUT2D eigenvalue weighted by Crippen LogP contribution is 2.35. The van der Waals surface area contributed by atoms with Crippen LogP contribution in [0.2, 0.25) is 0 Å². The SMILES string of the molecule is COc1ccc(NC(=O)N2CCc3ccccc3C2c2ccc(C)cc2)cc1. The maximum absolute atomic E-state index is 13.2. The summed E-state index contributed by atoms with van der Waals surface area (Å²) in [7, 11) is 1.63. The molecule has 28 heavy (non-hydrogen) atoms. The molecule has 0 bridgehead atoms. The molecule has 0 radical (unpaired) electrons. The molecule has 0 saturated heterocycles. The van der Waals surface area contributed by atoms with E-state index in [-0.39, 0.29) is 12.1 Å². The summed E-state index contributed by atoms with van der Waals surface area (Å²) in [5.41, 5.74) is 5.60. The Hall–Kier alpha value is -3.27. The molecule has 1 N–H and O–H groups in total. The Morgan fingerprint density at radius 2 is 1.71 bits per heavy atom. The Morgan fingerprint density at radius 1 is 1.00 bits per heavy atom. The number of carbonyl (C=O) groups excluding carboxylic acids is 1. The molecule has 0 saturated carbocycles. The number of ether oxygens (including phenoxy) is 1. The molecule has 1 aliphatic rings. The van der Waals surface area contributed by atoms with Gasteiger partial charge in [0.1, 0.15) is 5.75 Å². The van der Waals surface area contributed by atoms with Crippen LogP contribution in [-0.4, -0.2) is 24.6 Å². The first-order valence-electron chi connectivity index (χ1n) is 9.52. The number of nitrogens with one attached hydrogen (secondary N) is 1. The molecule has 4 nitrogen and oxygen atoms in total. The normalized spacial score (nSPS) is 15.6. The van der Waals surface area contributed by atoms with Crippen LogP contribution in [0.4, 0.5) is 10.5 Å². The molecule has 1 heterocycles. The zero-order valence-electron chi connectivity index (χ0n) is 16.2. The van der Waals surface area contributed by atoms with Crippen LogP contribution in [0.25, 0.3) is 0 Å². The lowest BCUT2D eigenvalue weighted by Crippen LogP contribution is -2.43. The first-order valence-corrected chi connectivity index (χ1v) is 9.52. The summed E-state index contributed by atoms with van der Waals surface area (Å²) < 4.78 is 5.19. The maximum atomic E-state index is 13.2. The number of methoxy groups -OCH3 is 1. The number of fused-ring (bicyclic) bond motifs is 1. The summed E-state index contributed by atoms with van der Waals surface area (Å²) >= 11 is 0. The highest BCUT2D eigenvalue weighted by atomic mass is 16.5. The second kappa shape index (κ2) is 7.77. The van der Waals surface area contributed by atoms with Gasteiger partial charge in [-0.1, -0.05) is 54.1 Å². The molecule has 0 fully saturated rings. The van der Waals surface area contributed by atoms with Crippen molar-refractivity contribution in [1.29, 1.82) is 0 Å². The van der Waals surface area contributed by atoms with Crippen LogP contribution in [0.5, 0.6) is 5.75 Å². The van der Waals surface area contributed by atoms with Crippen LogP contribution >= 0.6 is 0 Å². The fourth-order valence-corrected chi connectivity index (χ4v) is 3.76. The average Bonchev–Trinajstić information content (AvgIpc) is 2.74. The van der Waals surface area contributed by atoms with Gasteiger partial charge in [0.25, 0.3) is 0 Å². The predicted molar refractivity (Wildman–Crippen MR) is 112 cm³/mol. The smallest absolute Gasteiger partial charge is 0.322 e. The minimum Gasteiger partial charge on any atom is -0.497 e. The fourth-order valence-electron chi connectivity index (χ4n) is 3.76. The number of nitrogens with zero attached hydrogens (tertiary/aromatic N) is 1. The topological polar surface area (TPSA) is 41.6 Å². The molecule has 1 unspecified atom stereocenters. The Balaban J connectivity index is 1.65. The predicted octanol–water partition coefficient (Wildman–Crippen LogP) is 5.18. The molecular formula is C24H24N2O2. The monoisotopic (exact) mass is 372 g/mol. The van der Waals surface area contributed by atoms with Crippen molar-refractivity contribution in [1.82, 2.24) is 4.90 Å². The fraction of sp³-hybridized carbons (Fsp3) is 0.208. The van der Waals surface area contributed by atoms with Crippen molar-refractivity contribution in [2.24, 2.45) is 0 Å². The summed E-state index contributed by atoms with van der Waals surface area (Å²) in [6, 6.07) is 24.1. The number of amides is 2. The summed E-state index contributed by atoms with van der Waals surface area (Å²) in [6.07, 6.45) is 0.856. The number of hydrogen-bond acceptors (Lipinski definition) is 2. The molecule has 1 atom stereocenters. The molecular weight excluding hydrogens is 348 g/mol. The Bertz CT molecular complexity index is 965. The van der Waals surface area contributed by atoms with Gasteiger partial charge in [-0.3, -0.25) is 0 Å². The molecule has 0 aliphatic carbocycles. The van der Waals surface area contributed by atoms with Crippen LogP contribution in [0.1, 0.15) is 28.3 Å². The van der Waals surface area contributed by atoms with Gasteiger partial charge in [-0.15, -0.1) is 0 Å². The van der Waals surface area contributed by atoms with Crippen molar-refractivity contribution in [2.45, 2.75) is 19.4 Å². The van der Waals surface area contributed by atoms with E-state index in [1.54, 1.807) is 7.11 Å². The largest absolute Gasteiger partial charge is 0.497 e. The number of hydrogen-bond donors (Lipinski definition) is 1. The van der Waals surface area contributed by atoms with Crippen LogP contribution in [-0.2, 0) is 6.42 Å². The lowest BCUT2D eigenvalue weighted by molar-refractivity contribution is 0.194. The molecule has 4 rings (SSSR count). The van der Waals surface area contributed by atoms with Crippen molar-refractivity contribution in [3.63, 3.8) is 0 Å². The van der Waals surface area contributed by atoms with Crippen LogP contribution < -0.4 is 10.1 Å². The van der Waals surface area contributed by atoms with E-state index in [0.29, 0.717) is 6.54 Å². The highest BCUT2D eigenvalue weighted by Gasteiger charge is 2.31. The third-order valence-electron chi connectivity index (χ3n) is 5.28. The molecule has 142 valence electrons. The number of urea groups is 1. The Morgan fingerprint density at radius 3 is 2.43 bits per heavy atom. The number of anilines is 1. The van der Waals surface area contributed by atoms with Gasteiger partial charge in [-0.05, 0) is 54.3 Å².